The average Bonchev–Trinajstić information content (AvgIpc) is 2.87. The fourth-order valence-corrected chi connectivity index (χ4v) is 3.14. The lowest BCUT2D eigenvalue weighted by Crippen LogP contribution is -2.50. The van der Waals surface area contributed by atoms with Crippen LogP contribution in [0.2, 0.25) is 0 Å². The molecule has 0 aliphatic carbocycles. The van der Waals surface area contributed by atoms with Crippen LogP contribution in [0.3, 0.4) is 0 Å². The molecule has 0 saturated carbocycles. The molecule has 5 heteroatoms. The van der Waals surface area contributed by atoms with Gasteiger partial charge in [0, 0.05) is 45.5 Å². The Kier molecular flexibility index (Phi) is 3.66. The van der Waals surface area contributed by atoms with E-state index in [0.717, 1.165) is 38.5 Å². The van der Waals surface area contributed by atoms with Gasteiger partial charge in [0.1, 0.15) is 0 Å². The van der Waals surface area contributed by atoms with Gasteiger partial charge in [0.2, 0.25) is 0 Å². The quantitative estimate of drug-likeness (QED) is 0.863. The first-order valence-electron chi connectivity index (χ1n) is 7.21. The molecule has 0 aromatic carbocycles. The van der Waals surface area contributed by atoms with Crippen molar-refractivity contribution in [1.82, 2.24) is 20.4 Å². The summed E-state index contributed by atoms with van der Waals surface area (Å²) in [5.41, 5.74) is 0.467. The Balaban J connectivity index is 1.52. The van der Waals surface area contributed by atoms with Crippen LogP contribution in [0.5, 0.6) is 0 Å². The van der Waals surface area contributed by atoms with Crippen LogP contribution in [0.25, 0.3) is 0 Å². The van der Waals surface area contributed by atoms with Crippen molar-refractivity contribution in [2.24, 2.45) is 5.41 Å². The van der Waals surface area contributed by atoms with Crippen molar-refractivity contribution in [2.75, 3.05) is 50.7 Å². The topological polar surface area (TPSA) is 44.3 Å². The van der Waals surface area contributed by atoms with E-state index in [4.69, 9.17) is 0 Å². The number of anilines is 1. The van der Waals surface area contributed by atoms with E-state index in [1.807, 2.05) is 12.1 Å². The smallest absolute Gasteiger partial charge is 0.151 e. The molecular formula is C14H23N5. The first kappa shape index (κ1) is 12.8. The van der Waals surface area contributed by atoms with Crippen molar-refractivity contribution in [2.45, 2.75) is 13.3 Å². The van der Waals surface area contributed by atoms with Crippen LogP contribution < -0.4 is 10.2 Å². The van der Waals surface area contributed by atoms with Crippen LogP contribution in [0, 0.1) is 5.41 Å². The zero-order valence-corrected chi connectivity index (χ0v) is 11.7. The first-order valence-corrected chi connectivity index (χ1v) is 7.21. The lowest BCUT2D eigenvalue weighted by Gasteiger charge is -2.38. The maximum Gasteiger partial charge on any atom is 0.151 e. The lowest BCUT2D eigenvalue weighted by molar-refractivity contribution is 0.169. The molecule has 1 unspecified atom stereocenters. The minimum atomic E-state index is 0.467. The van der Waals surface area contributed by atoms with E-state index in [1.165, 1.54) is 19.5 Å². The molecule has 2 aliphatic rings. The van der Waals surface area contributed by atoms with Gasteiger partial charge in [0.25, 0.3) is 0 Å². The summed E-state index contributed by atoms with van der Waals surface area (Å²) in [4.78, 5) is 4.93. The molecule has 0 spiro atoms. The summed E-state index contributed by atoms with van der Waals surface area (Å²) in [6.07, 6.45) is 3.03. The van der Waals surface area contributed by atoms with E-state index in [1.54, 1.807) is 6.20 Å². The van der Waals surface area contributed by atoms with Gasteiger partial charge in [0.05, 0.1) is 0 Å². The van der Waals surface area contributed by atoms with Crippen LogP contribution in [-0.2, 0) is 0 Å². The number of aromatic nitrogens is 2. The van der Waals surface area contributed by atoms with E-state index in [-0.39, 0.29) is 0 Å². The molecular weight excluding hydrogens is 238 g/mol. The summed E-state index contributed by atoms with van der Waals surface area (Å²) in [6.45, 7) is 10.3. The predicted molar refractivity (Wildman–Crippen MR) is 76.3 cm³/mol. The highest BCUT2D eigenvalue weighted by Gasteiger charge is 2.31. The van der Waals surface area contributed by atoms with Gasteiger partial charge in [-0.2, -0.15) is 5.10 Å². The molecule has 0 radical (unpaired) electrons. The summed E-state index contributed by atoms with van der Waals surface area (Å²) in [5.74, 6) is 1.01. The summed E-state index contributed by atoms with van der Waals surface area (Å²) in [5, 5.41) is 11.6. The number of hydrogen-bond donors (Lipinski definition) is 1. The summed E-state index contributed by atoms with van der Waals surface area (Å²) >= 11 is 0. The second-order valence-electron chi connectivity index (χ2n) is 6.08. The summed E-state index contributed by atoms with van der Waals surface area (Å²) < 4.78 is 0. The van der Waals surface area contributed by atoms with Gasteiger partial charge in [-0.3, -0.25) is 4.90 Å². The van der Waals surface area contributed by atoms with Crippen molar-refractivity contribution in [3.8, 4) is 0 Å². The monoisotopic (exact) mass is 261 g/mol. The minimum Gasteiger partial charge on any atom is -0.353 e. The van der Waals surface area contributed by atoms with Crippen molar-refractivity contribution in [3.63, 3.8) is 0 Å². The van der Waals surface area contributed by atoms with Gasteiger partial charge in [0.15, 0.2) is 5.82 Å². The van der Waals surface area contributed by atoms with Crippen molar-refractivity contribution in [1.29, 1.82) is 0 Å². The molecule has 2 saturated heterocycles. The standard InChI is InChI=1S/C14H23N5/c1-14(4-6-15-11-14)12-18-7-9-19(10-8-18)13-3-2-5-16-17-13/h2-3,5,15H,4,6-12H2,1H3. The van der Waals surface area contributed by atoms with Crippen LogP contribution >= 0.6 is 0 Å². The van der Waals surface area contributed by atoms with Gasteiger partial charge in [-0.1, -0.05) is 6.92 Å². The number of nitrogens with zero attached hydrogens (tertiary/aromatic N) is 4. The van der Waals surface area contributed by atoms with E-state index in [0.29, 0.717) is 5.41 Å². The van der Waals surface area contributed by atoms with Gasteiger partial charge < -0.3 is 10.2 Å². The normalized spacial score (nSPS) is 28.8. The molecule has 104 valence electrons. The Morgan fingerprint density at radius 2 is 2.16 bits per heavy atom. The minimum absolute atomic E-state index is 0.467. The molecule has 1 atom stereocenters. The highest BCUT2D eigenvalue weighted by Crippen LogP contribution is 2.26. The number of nitrogens with one attached hydrogen (secondary N) is 1. The van der Waals surface area contributed by atoms with E-state index in [9.17, 15) is 0 Å². The molecule has 0 bridgehead atoms. The molecule has 3 heterocycles. The van der Waals surface area contributed by atoms with Gasteiger partial charge >= 0.3 is 0 Å². The van der Waals surface area contributed by atoms with E-state index < -0.39 is 0 Å². The third-order valence-corrected chi connectivity index (χ3v) is 4.32. The van der Waals surface area contributed by atoms with E-state index in [2.05, 4.69) is 32.2 Å². The second-order valence-corrected chi connectivity index (χ2v) is 6.08. The molecule has 2 aliphatic heterocycles. The third kappa shape index (κ3) is 3.04. The molecule has 1 aromatic rings. The van der Waals surface area contributed by atoms with Gasteiger partial charge in [-0.05, 0) is 30.5 Å². The third-order valence-electron chi connectivity index (χ3n) is 4.32. The molecule has 5 nitrogen and oxygen atoms in total. The molecule has 0 amide bonds. The largest absolute Gasteiger partial charge is 0.353 e. The Labute approximate surface area is 115 Å². The Hall–Kier alpha value is -1.20. The molecule has 3 rings (SSSR count). The SMILES string of the molecule is CC1(CN2CCN(c3cccnn3)CC2)CCNC1. The molecule has 1 aromatic heterocycles. The van der Waals surface area contributed by atoms with Crippen molar-refractivity contribution < 1.29 is 0 Å². The highest BCUT2D eigenvalue weighted by atomic mass is 15.3. The summed E-state index contributed by atoms with van der Waals surface area (Å²) in [7, 11) is 0. The van der Waals surface area contributed by atoms with Crippen molar-refractivity contribution >= 4 is 5.82 Å². The number of rotatable bonds is 3. The van der Waals surface area contributed by atoms with E-state index >= 15 is 0 Å². The maximum absolute atomic E-state index is 4.19. The Bertz CT molecular complexity index is 394. The Morgan fingerprint density at radius 3 is 2.79 bits per heavy atom. The zero-order valence-electron chi connectivity index (χ0n) is 11.7. The van der Waals surface area contributed by atoms with Crippen LogP contribution in [0.1, 0.15) is 13.3 Å². The zero-order chi connectivity index (χ0) is 13.1. The Morgan fingerprint density at radius 1 is 1.32 bits per heavy atom. The molecule has 19 heavy (non-hydrogen) atoms. The van der Waals surface area contributed by atoms with Gasteiger partial charge in [-0.15, -0.1) is 5.10 Å². The van der Waals surface area contributed by atoms with Gasteiger partial charge in [-0.25, -0.2) is 0 Å². The predicted octanol–water partition coefficient (Wildman–Crippen LogP) is 0.598. The molecule has 1 N–H and O–H groups in total. The summed E-state index contributed by atoms with van der Waals surface area (Å²) in [6, 6.07) is 4.00. The average molecular weight is 261 g/mol. The first-order chi connectivity index (χ1) is 9.25. The van der Waals surface area contributed by atoms with Crippen LogP contribution in [-0.4, -0.2) is 60.9 Å². The molecule has 2 fully saturated rings. The van der Waals surface area contributed by atoms with Crippen LogP contribution in [0.15, 0.2) is 18.3 Å². The fraction of sp³-hybridized carbons (Fsp3) is 0.714. The maximum atomic E-state index is 4.19. The second kappa shape index (κ2) is 5.43. The number of piperazine rings is 1. The number of hydrogen-bond acceptors (Lipinski definition) is 5. The van der Waals surface area contributed by atoms with Crippen molar-refractivity contribution in [3.05, 3.63) is 18.3 Å². The lowest BCUT2D eigenvalue weighted by atomic mass is 9.89. The highest BCUT2D eigenvalue weighted by molar-refractivity contribution is 5.36. The van der Waals surface area contributed by atoms with Crippen LogP contribution in [0.4, 0.5) is 5.82 Å². The fourth-order valence-electron chi connectivity index (χ4n) is 3.14.